The van der Waals surface area contributed by atoms with Crippen molar-refractivity contribution < 1.29 is 4.92 Å². The lowest BCUT2D eigenvalue weighted by Crippen LogP contribution is -2.09. The van der Waals surface area contributed by atoms with Crippen LogP contribution in [0.25, 0.3) is 22.3 Å². The van der Waals surface area contributed by atoms with Gasteiger partial charge in [-0.05, 0) is 30.3 Å². The van der Waals surface area contributed by atoms with Gasteiger partial charge in [-0.3, -0.25) is 14.9 Å². The highest BCUT2D eigenvalue weighted by atomic mass is 32.2. The minimum Gasteiger partial charge on any atom is -0.306 e. The van der Waals surface area contributed by atoms with E-state index in [1.165, 1.54) is 23.9 Å². The van der Waals surface area contributed by atoms with Crippen LogP contribution in [-0.4, -0.2) is 14.9 Å². The van der Waals surface area contributed by atoms with Gasteiger partial charge in [0.05, 0.1) is 15.8 Å². The predicted octanol–water partition coefficient (Wildman–Crippen LogP) is 4.65. The van der Waals surface area contributed by atoms with E-state index in [0.717, 1.165) is 9.79 Å². The molecule has 4 rings (SSSR count). The van der Waals surface area contributed by atoms with Crippen LogP contribution in [-0.2, 0) is 0 Å². The van der Waals surface area contributed by atoms with E-state index in [1.54, 1.807) is 30.3 Å². The molecule has 0 fully saturated rings. The standard InChI is InChI=1S/C20H13N3O3S/c24-20-15-8-4-5-9-17(15)21-19(22-20)16-12-13(23(25)26)10-11-18(16)27-14-6-2-1-3-7-14/h1-12H,(H,21,22,24). The van der Waals surface area contributed by atoms with Crippen LogP contribution in [0.3, 0.4) is 0 Å². The number of nitrogens with zero attached hydrogens (tertiary/aromatic N) is 2. The summed E-state index contributed by atoms with van der Waals surface area (Å²) in [6.45, 7) is 0. The molecule has 4 aromatic rings. The lowest BCUT2D eigenvalue weighted by molar-refractivity contribution is -0.384. The maximum absolute atomic E-state index is 12.4. The smallest absolute Gasteiger partial charge is 0.270 e. The monoisotopic (exact) mass is 375 g/mol. The summed E-state index contributed by atoms with van der Waals surface area (Å²) in [6.07, 6.45) is 0. The van der Waals surface area contributed by atoms with Gasteiger partial charge >= 0.3 is 0 Å². The molecule has 3 aromatic carbocycles. The van der Waals surface area contributed by atoms with E-state index in [-0.39, 0.29) is 11.2 Å². The Kier molecular flexibility index (Phi) is 4.43. The zero-order valence-electron chi connectivity index (χ0n) is 14.0. The summed E-state index contributed by atoms with van der Waals surface area (Å²) in [7, 11) is 0. The largest absolute Gasteiger partial charge is 0.306 e. The molecule has 0 saturated heterocycles. The van der Waals surface area contributed by atoms with Crippen molar-refractivity contribution >= 4 is 28.4 Å². The van der Waals surface area contributed by atoms with Crippen LogP contribution >= 0.6 is 11.8 Å². The van der Waals surface area contributed by atoms with Gasteiger partial charge in [-0.15, -0.1) is 0 Å². The van der Waals surface area contributed by atoms with Crippen molar-refractivity contribution in [1.29, 1.82) is 0 Å². The molecular weight excluding hydrogens is 362 g/mol. The molecule has 1 N–H and O–H groups in total. The molecule has 0 bridgehead atoms. The Morgan fingerprint density at radius 1 is 0.963 bits per heavy atom. The van der Waals surface area contributed by atoms with Gasteiger partial charge in [0, 0.05) is 27.5 Å². The van der Waals surface area contributed by atoms with Gasteiger partial charge < -0.3 is 4.98 Å². The van der Waals surface area contributed by atoms with Gasteiger partial charge in [0.1, 0.15) is 5.82 Å². The van der Waals surface area contributed by atoms with Crippen LogP contribution < -0.4 is 5.56 Å². The van der Waals surface area contributed by atoms with Crippen LogP contribution in [0.15, 0.2) is 87.4 Å². The Hall–Kier alpha value is -3.45. The number of para-hydroxylation sites is 1. The van der Waals surface area contributed by atoms with Gasteiger partial charge in [-0.25, -0.2) is 4.98 Å². The lowest BCUT2D eigenvalue weighted by Gasteiger charge is -2.09. The third-order valence-corrected chi connectivity index (χ3v) is 5.10. The van der Waals surface area contributed by atoms with E-state index in [1.807, 2.05) is 30.3 Å². The molecule has 0 spiro atoms. The molecule has 27 heavy (non-hydrogen) atoms. The Morgan fingerprint density at radius 3 is 2.48 bits per heavy atom. The molecule has 0 unspecified atom stereocenters. The van der Waals surface area contributed by atoms with Crippen molar-refractivity contribution in [1.82, 2.24) is 9.97 Å². The number of nitro benzene ring substituents is 1. The van der Waals surface area contributed by atoms with Crippen molar-refractivity contribution in [3.05, 3.63) is 93.3 Å². The van der Waals surface area contributed by atoms with E-state index >= 15 is 0 Å². The normalized spacial score (nSPS) is 10.8. The fourth-order valence-corrected chi connectivity index (χ4v) is 3.68. The second kappa shape index (κ2) is 7.05. The molecule has 0 aliphatic heterocycles. The first kappa shape index (κ1) is 17.0. The quantitative estimate of drug-likeness (QED) is 0.414. The number of benzene rings is 3. The van der Waals surface area contributed by atoms with E-state index in [9.17, 15) is 14.9 Å². The predicted molar refractivity (Wildman–Crippen MR) is 105 cm³/mol. The Balaban J connectivity index is 1.90. The summed E-state index contributed by atoms with van der Waals surface area (Å²) < 4.78 is 0. The highest BCUT2D eigenvalue weighted by Crippen LogP contribution is 2.36. The van der Waals surface area contributed by atoms with Crippen molar-refractivity contribution in [3.63, 3.8) is 0 Å². The molecule has 0 radical (unpaired) electrons. The summed E-state index contributed by atoms with van der Waals surface area (Å²) in [6, 6.07) is 21.2. The van der Waals surface area contributed by atoms with Gasteiger partial charge in [0.15, 0.2) is 0 Å². The molecular formula is C20H13N3O3S. The maximum atomic E-state index is 12.4. The molecule has 0 amide bonds. The van der Waals surface area contributed by atoms with Crippen molar-refractivity contribution in [2.45, 2.75) is 9.79 Å². The molecule has 132 valence electrons. The molecule has 1 aromatic heterocycles. The number of hydrogen-bond donors (Lipinski definition) is 1. The second-order valence-electron chi connectivity index (χ2n) is 5.78. The summed E-state index contributed by atoms with van der Waals surface area (Å²) >= 11 is 1.46. The number of fused-ring (bicyclic) bond motifs is 1. The summed E-state index contributed by atoms with van der Waals surface area (Å²) in [5, 5.41) is 11.7. The average molecular weight is 375 g/mol. The molecule has 6 nitrogen and oxygen atoms in total. The maximum Gasteiger partial charge on any atom is 0.270 e. The number of rotatable bonds is 4. The fraction of sp³-hybridized carbons (Fsp3) is 0. The van der Waals surface area contributed by atoms with E-state index in [2.05, 4.69) is 9.97 Å². The Bertz CT molecular complexity index is 1210. The van der Waals surface area contributed by atoms with E-state index in [4.69, 9.17) is 0 Å². The summed E-state index contributed by atoms with van der Waals surface area (Å²) in [5.41, 5.74) is 0.718. The minimum atomic E-state index is -0.459. The average Bonchev–Trinajstić information content (AvgIpc) is 2.69. The summed E-state index contributed by atoms with van der Waals surface area (Å²) in [5.74, 6) is 0.306. The molecule has 0 aliphatic carbocycles. The number of non-ortho nitro benzene ring substituents is 1. The third-order valence-electron chi connectivity index (χ3n) is 4.01. The third kappa shape index (κ3) is 3.45. The molecule has 0 aliphatic rings. The molecule has 1 heterocycles. The first-order chi connectivity index (χ1) is 13.1. The number of hydrogen-bond acceptors (Lipinski definition) is 5. The van der Waals surface area contributed by atoms with E-state index < -0.39 is 4.92 Å². The summed E-state index contributed by atoms with van der Waals surface area (Å²) in [4.78, 5) is 32.2. The van der Waals surface area contributed by atoms with Crippen LogP contribution in [0.4, 0.5) is 5.69 Å². The van der Waals surface area contributed by atoms with Crippen molar-refractivity contribution in [3.8, 4) is 11.4 Å². The number of aromatic amines is 1. The topological polar surface area (TPSA) is 88.9 Å². The number of nitro groups is 1. The highest BCUT2D eigenvalue weighted by Gasteiger charge is 2.16. The SMILES string of the molecule is O=c1[nH]c(-c2cc([N+](=O)[O-])ccc2Sc2ccccc2)nc2ccccc12. The zero-order chi connectivity index (χ0) is 18.8. The number of H-pyrrole nitrogens is 1. The molecule has 0 atom stereocenters. The number of nitrogens with one attached hydrogen (secondary N) is 1. The van der Waals surface area contributed by atoms with Gasteiger partial charge in [0.2, 0.25) is 0 Å². The van der Waals surface area contributed by atoms with Crippen LogP contribution in [0, 0.1) is 10.1 Å². The Morgan fingerprint density at radius 2 is 1.70 bits per heavy atom. The first-order valence-corrected chi connectivity index (χ1v) is 8.94. The van der Waals surface area contributed by atoms with Crippen LogP contribution in [0.5, 0.6) is 0 Å². The van der Waals surface area contributed by atoms with Crippen molar-refractivity contribution in [2.75, 3.05) is 0 Å². The number of aromatic nitrogens is 2. The van der Waals surface area contributed by atoms with Gasteiger partial charge in [-0.1, -0.05) is 42.1 Å². The highest BCUT2D eigenvalue weighted by molar-refractivity contribution is 7.99. The first-order valence-electron chi connectivity index (χ1n) is 8.12. The van der Waals surface area contributed by atoms with Crippen LogP contribution in [0.1, 0.15) is 0 Å². The van der Waals surface area contributed by atoms with Crippen LogP contribution in [0.2, 0.25) is 0 Å². The minimum absolute atomic E-state index is 0.0572. The lowest BCUT2D eigenvalue weighted by atomic mass is 10.1. The van der Waals surface area contributed by atoms with Crippen molar-refractivity contribution in [2.24, 2.45) is 0 Å². The van der Waals surface area contributed by atoms with E-state index in [0.29, 0.717) is 22.3 Å². The fourth-order valence-electron chi connectivity index (χ4n) is 2.74. The van der Waals surface area contributed by atoms with Gasteiger partial charge in [0.25, 0.3) is 11.2 Å². The molecule has 7 heteroatoms. The second-order valence-corrected chi connectivity index (χ2v) is 6.90. The molecule has 0 saturated carbocycles. The zero-order valence-corrected chi connectivity index (χ0v) is 14.8. The van der Waals surface area contributed by atoms with Gasteiger partial charge in [-0.2, -0.15) is 0 Å². The Labute approximate surface area is 158 Å².